The van der Waals surface area contributed by atoms with Gasteiger partial charge in [0, 0.05) is 6.42 Å². The minimum Gasteiger partial charge on any atom is -0.513 e. The van der Waals surface area contributed by atoms with Gasteiger partial charge in [0.2, 0.25) is 0 Å². The molecule has 0 aromatic carbocycles. The lowest BCUT2D eigenvalue weighted by atomic mass is 9.97. The Morgan fingerprint density at radius 3 is 2.00 bits per heavy atom. The molecule has 0 aliphatic rings. The molecule has 0 rings (SSSR count). The van der Waals surface area contributed by atoms with Gasteiger partial charge in [-0.1, -0.05) is 6.58 Å². The van der Waals surface area contributed by atoms with Crippen LogP contribution in [0, 0.1) is 0 Å². The third-order valence-electron chi connectivity index (χ3n) is 1.81. The van der Waals surface area contributed by atoms with Gasteiger partial charge in [0.25, 0.3) is 0 Å². The van der Waals surface area contributed by atoms with E-state index in [0.29, 0.717) is 0 Å². The summed E-state index contributed by atoms with van der Waals surface area (Å²) >= 11 is 0. The minimum atomic E-state index is -1.64. The maximum Gasteiger partial charge on any atom is 0.408 e. The van der Waals surface area contributed by atoms with E-state index in [0.717, 1.165) is 0 Å². The second-order valence-electron chi connectivity index (χ2n) is 5.01. The lowest BCUT2D eigenvalue weighted by Gasteiger charge is -2.28. The summed E-state index contributed by atoms with van der Waals surface area (Å²) in [5.74, 6) is -1.61. The van der Waals surface area contributed by atoms with Crippen LogP contribution in [-0.4, -0.2) is 33.4 Å². The summed E-state index contributed by atoms with van der Waals surface area (Å²) < 4.78 is 4.94. The van der Waals surface area contributed by atoms with E-state index in [-0.39, 0.29) is 12.2 Å². The molecule has 6 heteroatoms. The number of hydrogen-bond acceptors (Lipinski definition) is 4. The second kappa shape index (κ2) is 5.07. The van der Waals surface area contributed by atoms with Gasteiger partial charge in [0.05, 0.1) is 5.76 Å². The molecule has 0 aliphatic carbocycles. The Bertz CT molecular complexity index is 331. The van der Waals surface area contributed by atoms with Gasteiger partial charge in [-0.3, -0.25) is 0 Å². The first-order valence-electron chi connectivity index (χ1n) is 5.07. The number of hydrogen-bond donors (Lipinski definition) is 3. The molecule has 98 valence electrons. The average molecular weight is 245 g/mol. The smallest absolute Gasteiger partial charge is 0.408 e. The Hall–Kier alpha value is -1.72. The molecule has 0 unspecified atom stereocenters. The van der Waals surface area contributed by atoms with E-state index in [2.05, 4.69) is 11.9 Å². The molecule has 1 atom stereocenters. The van der Waals surface area contributed by atoms with Crippen LogP contribution in [0.15, 0.2) is 12.3 Å². The Labute approximate surface area is 100 Å². The summed E-state index contributed by atoms with van der Waals surface area (Å²) in [6.45, 7) is 9.46. The van der Waals surface area contributed by atoms with Crippen molar-refractivity contribution >= 4 is 12.1 Å². The highest BCUT2D eigenvalue weighted by Crippen LogP contribution is 2.16. The first-order valence-corrected chi connectivity index (χ1v) is 5.07. The number of amides is 1. The number of carbonyl (C=O) groups excluding carboxylic acids is 1. The number of alkyl carbamates (subject to hydrolysis) is 1. The van der Waals surface area contributed by atoms with Gasteiger partial charge in [-0.15, -0.1) is 0 Å². The SMILES string of the molecule is C=C(O)C[C@](C)(NC(=O)OC(C)(C)C)C(=O)O. The zero-order valence-corrected chi connectivity index (χ0v) is 10.5. The summed E-state index contributed by atoms with van der Waals surface area (Å²) in [5.41, 5.74) is -2.37. The van der Waals surface area contributed by atoms with Gasteiger partial charge in [-0.05, 0) is 27.7 Å². The molecule has 3 N–H and O–H groups in total. The Morgan fingerprint density at radius 1 is 1.24 bits per heavy atom. The Morgan fingerprint density at radius 2 is 1.71 bits per heavy atom. The molecule has 0 spiro atoms. The predicted molar refractivity (Wildman–Crippen MR) is 61.8 cm³/mol. The van der Waals surface area contributed by atoms with Crippen LogP contribution in [0.4, 0.5) is 4.79 Å². The van der Waals surface area contributed by atoms with Crippen molar-refractivity contribution in [2.24, 2.45) is 0 Å². The molecule has 0 saturated carbocycles. The topological polar surface area (TPSA) is 95.9 Å². The number of rotatable bonds is 4. The van der Waals surface area contributed by atoms with Crippen LogP contribution in [0.2, 0.25) is 0 Å². The fraction of sp³-hybridized carbons (Fsp3) is 0.636. The van der Waals surface area contributed by atoms with E-state index in [1.165, 1.54) is 6.92 Å². The molecule has 0 radical (unpaired) electrons. The van der Waals surface area contributed by atoms with Crippen LogP contribution in [0.1, 0.15) is 34.1 Å². The molecule has 0 aromatic rings. The van der Waals surface area contributed by atoms with Gasteiger partial charge in [-0.2, -0.15) is 0 Å². The average Bonchev–Trinajstić information content (AvgIpc) is 1.96. The molecule has 0 saturated heterocycles. The highest BCUT2D eigenvalue weighted by molar-refractivity contribution is 5.84. The van der Waals surface area contributed by atoms with Crippen molar-refractivity contribution in [3.05, 3.63) is 12.3 Å². The van der Waals surface area contributed by atoms with Gasteiger partial charge < -0.3 is 20.3 Å². The number of carbonyl (C=O) groups is 2. The normalized spacial score (nSPS) is 14.6. The van der Waals surface area contributed by atoms with Crippen LogP contribution in [0.5, 0.6) is 0 Å². The number of nitrogens with one attached hydrogen (secondary N) is 1. The summed E-state index contributed by atoms with van der Waals surface area (Å²) in [7, 11) is 0. The first-order chi connectivity index (χ1) is 7.46. The van der Waals surface area contributed by atoms with Crippen molar-refractivity contribution in [3.8, 4) is 0 Å². The minimum absolute atomic E-state index is 0.290. The highest BCUT2D eigenvalue weighted by atomic mass is 16.6. The Kier molecular flexibility index (Phi) is 4.56. The summed E-state index contributed by atoms with van der Waals surface area (Å²) in [5, 5.41) is 20.2. The molecule has 0 fully saturated rings. The maximum atomic E-state index is 11.5. The Balaban J connectivity index is 4.72. The predicted octanol–water partition coefficient (Wildman–Crippen LogP) is 1.82. The van der Waals surface area contributed by atoms with E-state index in [9.17, 15) is 9.59 Å². The second-order valence-corrected chi connectivity index (χ2v) is 5.01. The third kappa shape index (κ3) is 5.79. The highest BCUT2D eigenvalue weighted by Gasteiger charge is 2.37. The van der Waals surface area contributed by atoms with Crippen molar-refractivity contribution in [3.63, 3.8) is 0 Å². The molecule has 6 nitrogen and oxygen atoms in total. The zero-order valence-electron chi connectivity index (χ0n) is 10.5. The lowest BCUT2D eigenvalue weighted by Crippen LogP contribution is -2.53. The third-order valence-corrected chi connectivity index (χ3v) is 1.81. The zero-order chi connectivity index (χ0) is 13.9. The van der Waals surface area contributed by atoms with Crippen LogP contribution in [0.3, 0.4) is 0 Å². The molecular weight excluding hydrogens is 226 g/mol. The number of carboxylic acid groups (broad SMARTS) is 1. The fourth-order valence-corrected chi connectivity index (χ4v) is 1.11. The summed E-state index contributed by atoms with van der Waals surface area (Å²) in [4.78, 5) is 22.5. The van der Waals surface area contributed by atoms with Gasteiger partial charge in [0.15, 0.2) is 0 Å². The molecular formula is C11H19NO5. The number of ether oxygens (including phenoxy) is 1. The van der Waals surface area contributed by atoms with Crippen LogP contribution in [0.25, 0.3) is 0 Å². The quantitative estimate of drug-likeness (QED) is 0.656. The van der Waals surface area contributed by atoms with Crippen LogP contribution >= 0.6 is 0 Å². The molecule has 1 amide bonds. The van der Waals surface area contributed by atoms with Crippen molar-refractivity contribution in [1.29, 1.82) is 0 Å². The van der Waals surface area contributed by atoms with Crippen LogP contribution in [-0.2, 0) is 9.53 Å². The van der Waals surface area contributed by atoms with Crippen molar-refractivity contribution < 1.29 is 24.5 Å². The standard InChI is InChI=1S/C11H19NO5/c1-7(13)6-11(5,8(14)15)12-9(16)17-10(2,3)4/h13H,1,6H2,2-5H3,(H,12,16)(H,14,15)/t11-/m0/s1. The van der Waals surface area contributed by atoms with Gasteiger partial charge in [0.1, 0.15) is 11.1 Å². The van der Waals surface area contributed by atoms with E-state index in [4.69, 9.17) is 14.9 Å². The van der Waals surface area contributed by atoms with E-state index >= 15 is 0 Å². The molecule has 0 heterocycles. The summed E-state index contributed by atoms with van der Waals surface area (Å²) in [6.07, 6.45) is -1.15. The first kappa shape index (κ1) is 15.3. The number of aliphatic hydroxyl groups excluding tert-OH is 1. The number of carboxylic acids is 1. The largest absolute Gasteiger partial charge is 0.513 e. The van der Waals surface area contributed by atoms with Gasteiger partial charge >= 0.3 is 12.1 Å². The van der Waals surface area contributed by atoms with Crippen LogP contribution < -0.4 is 5.32 Å². The van der Waals surface area contributed by atoms with Crippen molar-refractivity contribution in [2.45, 2.75) is 45.3 Å². The molecule has 0 aliphatic heterocycles. The monoisotopic (exact) mass is 245 g/mol. The number of aliphatic carboxylic acids is 1. The van der Waals surface area contributed by atoms with Crippen molar-refractivity contribution in [1.82, 2.24) is 5.32 Å². The fourth-order valence-electron chi connectivity index (χ4n) is 1.11. The number of aliphatic hydroxyl groups is 1. The summed E-state index contributed by atoms with van der Waals surface area (Å²) in [6, 6.07) is 0. The molecule has 0 bridgehead atoms. The van der Waals surface area contributed by atoms with E-state index < -0.39 is 23.2 Å². The maximum absolute atomic E-state index is 11.5. The van der Waals surface area contributed by atoms with Gasteiger partial charge in [-0.25, -0.2) is 9.59 Å². The lowest BCUT2D eigenvalue weighted by molar-refractivity contribution is -0.144. The molecule has 17 heavy (non-hydrogen) atoms. The van der Waals surface area contributed by atoms with E-state index in [1.54, 1.807) is 20.8 Å². The van der Waals surface area contributed by atoms with Crippen molar-refractivity contribution in [2.75, 3.05) is 0 Å². The molecule has 0 aromatic heterocycles. The van der Waals surface area contributed by atoms with E-state index in [1.807, 2.05) is 0 Å².